The second kappa shape index (κ2) is 6.54. The van der Waals surface area contributed by atoms with E-state index in [-0.39, 0.29) is 11.6 Å². The van der Waals surface area contributed by atoms with Crippen LogP contribution in [-0.4, -0.2) is 16.8 Å². The summed E-state index contributed by atoms with van der Waals surface area (Å²) in [5.74, 6) is 1.31. The number of aromatic amines is 1. The molecule has 1 atom stereocenters. The van der Waals surface area contributed by atoms with Gasteiger partial charge in [-0.15, -0.1) is 0 Å². The minimum Gasteiger partial charge on any atom is -0.493 e. The summed E-state index contributed by atoms with van der Waals surface area (Å²) in [7, 11) is 0. The van der Waals surface area contributed by atoms with E-state index in [2.05, 4.69) is 24.0 Å². The quantitative estimate of drug-likeness (QED) is 0.885. The van der Waals surface area contributed by atoms with E-state index in [0.29, 0.717) is 23.8 Å². The fraction of sp³-hybridized carbons (Fsp3) is 0.375. The molecule has 0 saturated carbocycles. The van der Waals surface area contributed by atoms with Crippen molar-refractivity contribution in [1.82, 2.24) is 10.2 Å². The topological polar surface area (TPSA) is 81.0 Å². The average Bonchev–Trinajstić information content (AvgIpc) is 2.46. The van der Waals surface area contributed by atoms with Gasteiger partial charge in [0.15, 0.2) is 0 Å². The third-order valence-electron chi connectivity index (χ3n) is 3.06. The van der Waals surface area contributed by atoms with E-state index in [1.54, 1.807) is 13.0 Å². The van der Waals surface area contributed by atoms with Gasteiger partial charge in [-0.2, -0.15) is 5.10 Å². The number of benzene rings is 1. The Balaban J connectivity index is 2.22. The lowest BCUT2D eigenvalue weighted by Crippen LogP contribution is -2.20. The molecule has 0 aliphatic heterocycles. The number of aromatic nitrogens is 2. The Bertz CT molecular complexity index is 645. The molecule has 0 bridgehead atoms. The van der Waals surface area contributed by atoms with Crippen LogP contribution < -0.4 is 16.0 Å². The Labute approximate surface area is 124 Å². The molecule has 2 rings (SSSR count). The maximum Gasteiger partial charge on any atom is 0.268 e. The van der Waals surface area contributed by atoms with E-state index in [1.165, 1.54) is 0 Å². The molecule has 1 heterocycles. The number of nitrogens with one attached hydrogen (secondary N) is 1. The second-order valence-corrected chi connectivity index (χ2v) is 5.56. The van der Waals surface area contributed by atoms with E-state index in [4.69, 9.17) is 10.5 Å². The summed E-state index contributed by atoms with van der Waals surface area (Å²) in [4.78, 5) is 11.6. The molecule has 21 heavy (non-hydrogen) atoms. The van der Waals surface area contributed by atoms with Crippen LogP contribution in [0.5, 0.6) is 5.75 Å². The van der Waals surface area contributed by atoms with Gasteiger partial charge in [-0.1, -0.05) is 13.8 Å². The number of hydrogen-bond acceptors (Lipinski definition) is 4. The molecule has 0 radical (unpaired) electrons. The van der Waals surface area contributed by atoms with E-state index < -0.39 is 0 Å². The fourth-order valence-electron chi connectivity index (χ4n) is 1.89. The minimum atomic E-state index is -0.329. The molecule has 5 heteroatoms. The van der Waals surface area contributed by atoms with Crippen LogP contribution in [0.2, 0.25) is 0 Å². The van der Waals surface area contributed by atoms with Gasteiger partial charge in [-0.25, -0.2) is 5.10 Å². The van der Waals surface area contributed by atoms with Gasteiger partial charge in [0.25, 0.3) is 5.56 Å². The zero-order valence-electron chi connectivity index (χ0n) is 12.6. The van der Waals surface area contributed by atoms with Gasteiger partial charge in [0.2, 0.25) is 0 Å². The van der Waals surface area contributed by atoms with Gasteiger partial charge in [-0.3, -0.25) is 4.79 Å². The summed E-state index contributed by atoms with van der Waals surface area (Å²) in [6.07, 6.45) is 0. The van der Waals surface area contributed by atoms with E-state index >= 15 is 0 Å². The first-order chi connectivity index (χ1) is 9.97. The molecule has 1 aromatic heterocycles. The maximum atomic E-state index is 11.6. The summed E-state index contributed by atoms with van der Waals surface area (Å²) in [6.45, 7) is 6.67. The van der Waals surface area contributed by atoms with Crippen molar-refractivity contribution in [2.24, 2.45) is 11.7 Å². The smallest absolute Gasteiger partial charge is 0.268 e. The molecular weight excluding hydrogens is 266 g/mol. The number of rotatable bonds is 5. The molecule has 0 saturated heterocycles. The molecule has 3 N–H and O–H groups in total. The molecule has 0 amide bonds. The van der Waals surface area contributed by atoms with E-state index in [9.17, 15) is 4.79 Å². The molecule has 112 valence electrons. The zero-order chi connectivity index (χ0) is 15.4. The fourth-order valence-corrected chi connectivity index (χ4v) is 1.89. The Morgan fingerprint density at radius 3 is 2.48 bits per heavy atom. The normalized spacial score (nSPS) is 12.4. The van der Waals surface area contributed by atoms with Crippen LogP contribution in [0, 0.1) is 5.92 Å². The van der Waals surface area contributed by atoms with Crippen LogP contribution in [0.15, 0.2) is 35.1 Å². The van der Waals surface area contributed by atoms with Crippen molar-refractivity contribution in [1.29, 1.82) is 0 Å². The first kappa shape index (κ1) is 15.3. The largest absolute Gasteiger partial charge is 0.493 e. The van der Waals surface area contributed by atoms with Crippen molar-refractivity contribution in [2.45, 2.75) is 26.8 Å². The first-order valence-electron chi connectivity index (χ1n) is 7.06. The number of ether oxygens (including phenoxy) is 1. The third-order valence-corrected chi connectivity index (χ3v) is 3.06. The highest BCUT2D eigenvalue weighted by Crippen LogP contribution is 2.21. The van der Waals surface area contributed by atoms with Crippen LogP contribution in [0.25, 0.3) is 11.3 Å². The van der Waals surface area contributed by atoms with Gasteiger partial charge in [0.05, 0.1) is 12.3 Å². The SMILES string of the molecule is CC(C)COc1ccc(-c2cc(C(C)N)c(=O)[nH]n2)cc1. The molecule has 2 aromatic rings. The van der Waals surface area contributed by atoms with Crippen LogP contribution in [0.1, 0.15) is 32.4 Å². The molecule has 0 aliphatic carbocycles. The zero-order valence-corrected chi connectivity index (χ0v) is 12.6. The molecule has 1 unspecified atom stereocenters. The van der Waals surface area contributed by atoms with E-state index in [1.807, 2.05) is 24.3 Å². The average molecular weight is 287 g/mol. The highest BCUT2D eigenvalue weighted by atomic mass is 16.5. The lowest BCUT2D eigenvalue weighted by molar-refractivity contribution is 0.271. The summed E-state index contributed by atoms with van der Waals surface area (Å²) >= 11 is 0. The molecule has 5 nitrogen and oxygen atoms in total. The van der Waals surface area contributed by atoms with E-state index in [0.717, 1.165) is 11.3 Å². The lowest BCUT2D eigenvalue weighted by Gasteiger charge is -2.10. The highest BCUT2D eigenvalue weighted by molar-refractivity contribution is 5.60. The highest BCUT2D eigenvalue weighted by Gasteiger charge is 2.09. The first-order valence-corrected chi connectivity index (χ1v) is 7.06. The predicted molar refractivity (Wildman–Crippen MR) is 83.2 cm³/mol. The number of H-pyrrole nitrogens is 1. The van der Waals surface area contributed by atoms with Gasteiger partial charge in [0, 0.05) is 17.2 Å². The van der Waals surface area contributed by atoms with Crippen molar-refractivity contribution in [3.63, 3.8) is 0 Å². The van der Waals surface area contributed by atoms with Crippen molar-refractivity contribution in [3.05, 3.63) is 46.2 Å². The van der Waals surface area contributed by atoms with Gasteiger partial charge in [-0.05, 0) is 43.2 Å². The van der Waals surface area contributed by atoms with Crippen molar-refractivity contribution in [2.75, 3.05) is 6.61 Å². The Morgan fingerprint density at radius 1 is 1.24 bits per heavy atom. The Morgan fingerprint density at radius 2 is 1.90 bits per heavy atom. The summed E-state index contributed by atoms with van der Waals surface area (Å²) in [5.41, 5.74) is 7.67. The lowest BCUT2D eigenvalue weighted by atomic mass is 10.1. The van der Waals surface area contributed by atoms with Gasteiger partial charge in [0.1, 0.15) is 5.75 Å². The number of nitrogens with two attached hydrogens (primary N) is 1. The third kappa shape index (κ3) is 3.92. The number of hydrogen-bond donors (Lipinski definition) is 2. The predicted octanol–water partition coefficient (Wildman–Crippen LogP) is 2.49. The van der Waals surface area contributed by atoms with Crippen molar-refractivity contribution < 1.29 is 4.74 Å². The Hall–Kier alpha value is -2.14. The molecule has 0 spiro atoms. The summed E-state index contributed by atoms with van der Waals surface area (Å²) in [5, 5.41) is 6.55. The van der Waals surface area contributed by atoms with Crippen molar-refractivity contribution in [3.8, 4) is 17.0 Å². The molecule has 0 aliphatic rings. The summed E-state index contributed by atoms with van der Waals surface area (Å²) in [6, 6.07) is 9.03. The monoisotopic (exact) mass is 287 g/mol. The standard InChI is InChI=1S/C16H21N3O2/c1-10(2)9-21-13-6-4-12(5-7-13)15-8-14(11(3)17)16(20)19-18-15/h4-8,10-11H,9,17H2,1-3H3,(H,19,20). The van der Waals surface area contributed by atoms with Crippen LogP contribution >= 0.6 is 0 Å². The van der Waals surface area contributed by atoms with Crippen molar-refractivity contribution >= 4 is 0 Å². The number of nitrogens with zero attached hydrogens (tertiary/aromatic N) is 1. The van der Waals surface area contributed by atoms with Gasteiger partial charge >= 0.3 is 0 Å². The van der Waals surface area contributed by atoms with Crippen LogP contribution in [0.4, 0.5) is 0 Å². The van der Waals surface area contributed by atoms with Crippen LogP contribution in [-0.2, 0) is 0 Å². The molecule has 1 aromatic carbocycles. The Kier molecular flexibility index (Phi) is 4.75. The molecular formula is C16H21N3O2. The second-order valence-electron chi connectivity index (χ2n) is 5.56. The summed E-state index contributed by atoms with van der Waals surface area (Å²) < 4.78 is 5.64. The maximum absolute atomic E-state index is 11.6. The minimum absolute atomic E-state index is 0.245. The molecule has 0 fully saturated rings. The van der Waals surface area contributed by atoms with Gasteiger partial charge < -0.3 is 10.5 Å². The van der Waals surface area contributed by atoms with Crippen LogP contribution in [0.3, 0.4) is 0 Å².